The lowest BCUT2D eigenvalue weighted by atomic mass is 10.3. The molecule has 0 saturated heterocycles. The summed E-state index contributed by atoms with van der Waals surface area (Å²) in [5, 5.41) is 11.3. The summed E-state index contributed by atoms with van der Waals surface area (Å²) in [6.07, 6.45) is 2.66. The second kappa shape index (κ2) is 5.69. The molecular weight excluding hydrogens is 276 g/mol. The van der Waals surface area contributed by atoms with Crippen LogP contribution < -0.4 is 5.32 Å². The molecule has 1 aromatic heterocycles. The Bertz CT molecular complexity index is 401. The quantitative estimate of drug-likeness (QED) is 0.862. The van der Waals surface area contributed by atoms with Gasteiger partial charge >= 0.3 is 5.97 Å². The van der Waals surface area contributed by atoms with Crippen LogP contribution in [-0.4, -0.2) is 28.6 Å². The predicted molar refractivity (Wildman–Crippen MR) is 62.4 cm³/mol. The highest BCUT2D eigenvalue weighted by Gasteiger charge is 2.09. The monoisotopic (exact) mass is 288 g/mol. The van der Waals surface area contributed by atoms with Crippen molar-refractivity contribution in [1.82, 2.24) is 9.88 Å². The van der Waals surface area contributed by atoms with E-state index in [9.17, 15) is 9.59 Å². The average Bonchev–Trinajstić information content (AvgIpc) is 2.60. The highest BCUT2D eigenvalue weighted by molar-refractivity contribution is 9.10. The zero-order chi connectivity index (χ0) is 12.1. The number of hydrogen-bond acceptors (Lipinski definition) is 2. The van der Waals surface area contributed by atoms with Crippen LogP contribution in [0.1, 0.15) is 23.2 Å². The lowest BCUT2D eigenvalue weighted by molar-refractivity contribution is -0.120. The van der Waals surface area contributed by atoms with Gasteiger partial charge in [-0.3, -0.25) is 4.79 Å². The summed E-state index contributed by atoms with van der Waals surface area (Å²) in [7, 11) is 1.59. The zero-order valence-corrected chi connectivity index (χ0v) is 10.5. The normalized spacial score (nSPS) is 10.1. The van der Waals surface area contributed by atoms with Crippen LogP contribution in [0.2, 0.25) is 0 Å². The number of nitrogens with one attached hydrogen (secondary N) is 1. The van der Waals surface area contributed by atoms with E-state index in [1.807, 2.05) is 0 Å². The minimum atomic E-state index is -0.953. The minimum absolute atomic E-state index is 0.0123. The van der Waals surface area contributed by atoms with Crippen molar-refractivity contribution in [3.8, 4) is 0 Å². The van der Waals surface area contributed by atoms with Gasteiger partial charge < -0.3 is 15.0 Å². The van der Waals surface area contributed by atoms with Crippen molar-refractivity contribution < 1.29 is 14.7 Å². The average molecular weight is 289 g/mol. The SMILES string of the molecule is CNC(=O)CCCn1cc(C(=O)O)cc1Br. The summed E-state index contributed by atoms with van der Waals surface area (Å²) in [5.41, 5.74) is 0.242. The molecule has 0 spiro atoms. The van der Waals surface area contributed by atoms with Crippen molar-refractivity contribution in [2.75, 3.05) is 7.05 Å². The van der Waals surface area contributed by atoms with E-state index in [-0.39, 0.29) is 11.5 Å². The van der Waals surface area contributed by atoms with Gasteiger partial charge in [0.2, 0.25) is 5.91 Å². The number of hydrogen-bond donors (Lipinski definition) is 2. The highest BCUT2D eigenvalue weighted by atomic mass is 79.9. The Hall–Kier alpha value is -1.30. The molecule has 2 N–H and O–H groups in total. The Morgan fingerprint density at radius 2 is 2.25 bits per heavy atom. The van der Waals surface area contributed by atoms with Gasteiger partial charge in [-0.25, -0.2) is 4.79 Å². The second-order valence-corrected chi connectivity index (χ2v) is 4.14. The molecular formula is C10H13BrN2O3. The Morgan fingerprint density at radius 1 is 1.56 bits per heavy atom. The molecule has 0 atom stereocenters. The van der Waals surface area contributed by atoms with Gasteiger partial charge in [0.15, 0.2) is 0 Å². The van der Waals surface area contributed by atoms with Gasteiger partial charge in [-0.1, -0.05) is 0 Å². The number of amides is 1. The van der Waals surface area contributed by atoms with E-state index >= 15 is 0 Å². The largest absolute Gasteiger partial charge is 0.478 e. The number of aromatic carboxylic acids is 1. The third-order valence-corrected chi connectivity index (χ3v) is 2.86. The number of aryl methyl sites for hydroxylation is 1. The molecule has 0 aliphatic rings. The van der Waals surface area contributed by atoms with Crippen LogP contribution in [-0.2, 0) is 11.3 Å². The third kappa shape index (κ3) is 3.37. The number of carboxylic acid groups (broad SMARTS) is 1. The Balaban J connectivity index is 2.54. The molecule has 5 nitrogen and oxygen atoms in total. The van der Waals surface area contributed by atoms with Gasteiger partial charge in [0.25, 0.3) is 0 Å². The smallest absolute Gasteiger partial charge is 0.337 e. The Morgan fingerprint density at radius 3 is 2.75 bits per heavy atom. The van der Waals surface area contributed by atoms with Crippen molar-refractivity contribution in [2.24, 2.45) is 0 Å². The van der Waals surface area contributed by atoms with E-state index < -0.39 is 5.97 Å². The van der Waals surface area contributed by atoms with Gasteiger partial charge in [0.1, 0.15) is 0 Å². The highest BCUT2D eigenvalue weighted by Crippen LogP contribution is 2.16. The van der Waals surface area contributed by atoms with Crippen LogP contribution in [0.3, 0.4) is 0 Å². The van der Waals surface area contributed by atoms with Crippen LogP contribution in [0.15, 0.2) is 16.9 Å². The second-order valence-electron chi connectivity index (χ2n) is 3.33. The first-order valence-corrected chi connectivity index (χ1v) is 5.63. The van der Waals surface area contributed by atoms with E-state index in [4.69, 9.17) is 5.11 Å². The fourth-order valence-corrected chi connectivity index (χ4v) is 1.83. The molecule has 0 aliphatic heterocycles. The lowest BCUT2D eigenvalue weighted by Gasteiger charge is -2.03. The summed E-state index contributed by atoms with van der Waals surface area (Å²) in [4.78, 5) is 21.7. The first-order valence-electron chi connectivity index (χ1n) is 4.84. The third-order valence-electron chi connectivity index (χ3n) is 2.17. The van der Waals surface area contributed by atoms with Crippen LogP contribution in [0, 0.1) is 0 Å². The van der Waals surface area contributed by atoms with Crippen LogP contribution >= 0.6 is 15.9 Å². The molecule has 88 valence electrons. The van der Waals surface area contributed by atoms with Crippen molar-refractivity contribution in [3.63, 3.8) is 0 Å². The minimum Gasteiger partial charge on any atom is -0.478 e. The maximum Gasteiger partial charge on any atom is 0.337 e. The molecule has 0 aliphatic carbocycles. The summed E-state index contributed by atoms with van der Waals surface area (Å²) in [6.45, 7) is 0.612. The van der Waals surface area contributed by atoms with Gasteiger partial charge in [-0.15, -0.1) is 0 Å². The molecule has 0 bridgehead atoms. The Labute approximate surface area is 102 Å². The Kier molecular flexibility index (Phi) is 4.54. The first kappa shape index (κ1) is 12.8. The number of carboxylic acids is 1. The molecule has 1 rings (SSSR count). The fourth-order valence-electron chi connectivity index (χ4n) is 1.30. The summed E-state index contributed by atoms with van der Waals surface area (Å²) in [6, 6.07) is 1.54. The summed E-state index contributed by atoms with van der Waals surface area (Å²) >= 11 is 3.27. The molecule has 1 amide bonds. The lowest BCUT2D eigenvalue weighted by Crippen LogP contribution is -2.17. The van der Waals surface area contributed by atoms with Gasteiger partial charge in [-0.05, 0) is 28.4 Å². The maximum absolute atomic E-state index is 11.0. The maximum atomic E-state index is 11.0. The van der Waals surface area contributed by atoms with E-state index in [0.717, 1.165) is 0 Å². The number of aromatic nitrogens is 1. The number of rotatable bonds is 5. The zero-order valence-electron chi connectivity index (χ0n) is 8.86. The molecule has 1 aromatic rings. The van der Waals surface area contributed by atoms with Crippen molar-refractivity contribution in [3.05, 3.63) is 22.4 Å². The topological polar surface area (TPSA) is 71.3 Å². The number of nitrogens with zero attached hydrogens (tertiary/aromatic N) is 1. The first-order chi connectivity index (χ1) is 7.54. The van der Waals surface area contributed by atoms with Crippen molar-refractivity contribution in [1.29, 1.82) is 0 Å². The van der Waals surface area contributed by atoms with Gasteiger partial charge in [0.05, 0.1) is 10.2 Å². The van der Waals surface area contributed by atoms with Crippen LogP contribution in [0.5, 0.6) is 0 Å². The van der Waals surface area contributed by atoms with Gasteiger partial charge in [0, 0.05) is 26.2 Å². The van der Waals surface area contributed by atoms with Crippen LogP contribution in [0.25, 0.3) is 0 Å². The van der Waals surface area contributed by atoms with Crippen LogP contribution in [0.4, 0.5) is 0 Å². The molecule has 0 aromatic carbocycles. The van der Waals surface area contributed by atoms with E-state index in [1.54, 1.807) is 23.9 Å². The molecule has 6 heteroatoms. The number of carbonyl (C=O) groups is 2. The number of carbonyl (C=O) groups excluding carboxylic acids is 1. The molecule has 1 heterocycles. The van der Waals surface area contributed by atoms with Crippen molar-refractivity contribution in [2.45, 2.75) is 19.4 Å². The van der Waals surface area contributed by atoms with Gasteiger partial charge in [-0.2, -0.15) is 0 Å². The standard InChI is InChI=1S/C10H13BrN2O3/c1-12-9(14)3-2-4-13-6-7(10(15)16)5-8(13)11/h5-6H,2-4H2,1H3,(H,12,14)(H,15,16). The van der Waals surface area contributed by atoms with Crippen molar-refractivity contribution >= 4 is 27.8 Å². The van der Waals surface area contributed by atoms with E-state index in [0.29, 0.717) is 24.0 Å². The van der Waals surface area contributed by atoms with E-state index in [1.165, 1.54) is 0 Å². The molecule has 0 unspecified atom stereocenters. The molecule has 0 fully saturated rings. The molecule has 0 saturated carbocycles. The molecule has 16 heavy (non-hydrogen) atoms. The summed E-state index contributed by atoms with van der Waals surface area (Å²) < 4.78 is 2.48. The van der Waals surface area contributed by atoms with E-state index in [2.05, 4.69) is 21.2 Å². The molecule has 0 radical (unpaired) electrons. The summed E-state index contributed by atoms with van der Waals surface area (Å²) in [5.74, 6) is -0.965. The fraction of sp³-hybridized carbons (Fsp3) is 0.400. The predicted octanol–water partition coefficient (Wildman–Crippen LogP) is 1.47. The number of halogens is 1.